The molecule has 0 aliphatic carbocycles. The van der Waals surface area contributed by atoms with Crippen molar-refractivity contribution >= 4 is 23.4 Å². The Labute approximate surface area is 103 Å². The maximum absolute atomic E-state index is 11.1. The van der Waals surface area contributed by atoms with E-state index in [0.29, 0.717) is 10.7 Å². The molecule has 2 aromatic rings. The van der Waals surface area contributed by atoms with Gasteiger partial charge in [-0.3, -0.25) is 10.1 Å². The molecule has 4 nitrogen and oxygen atoms in total. The highest BCUT2D eigenvalue weighted by Gasteiger charge is 2.10. The standard InChI is InChI=1S/C12H9ClN2O2/c1-2-11(16)14-12-7-10(15-17-12)8-5-3-4-6-9(8)13/h2-7H,1H2,(H,14,16). The number of benzene rings is 1. The fourth-order valence-electron chi connectivity index (χ4n) is 1.30. The van der Waals surface area contributed by atoms with Crippen LogP contribution in [0.3, 0.4) is 0 Å². The second-order valence-electron chi connectivity index (χ2n) is 3.25. The molecule has 1 N–H and O–H groups in total. The van der Waals surface area contributed by atoms with E-state index in [2.05, 4.69) is 17.1 Å². The van der Waals surface area contributed by atoms with Gasteiger partial charge >= 0.3 is 0 Å². The molecule has 0 atom stereocenters. The summed E-state index contributed by atoms with van der Waals surface area (Å²) >= 11 is 6.02. The summed E-state index contributed by atoms with van der Waals surface area (Å²) in [4.78, 5) is 11.1. The van der Waals surface area contributed by atoms with Gasteiger partial charge in [-0.25, -0.2) is 0 Å². The van der Waals surface area contributed by atoms with Crippen LogP contribution in [0, 0.1) is 0 Å². The lowest BCUT2D eigenvalue weighted by Gasteiger charge is -1.97. The van der Waals surface area contributed by atoms with Gasteiger partial charge in [0.25, 0.3) is 0 Å². The van der Waals surface area contributed by atoms with E-state index in [1.165, 1.54) is 0 Å². The van der Waals surface area contributed by atoms with Crippen molar-refractivity contribution in [3.05, 3.63) is 48.0 Å². The molecule has 2 rings (SSSR count). The van der Waals surface area contributed by atoms with Gasteiger partial charge in [0, 0.05) is 11.6 Å². The number of carbonyl (C=O) groups is 1. The van der Waals surface area contributed by atoms with Crippen molar-refractivity contribution in [3.63, 3.8) is 0 Å². The minimum absolute atomic E-state index is 0.254. The summed E-state index contributed by atoms with van der Waals surface area (Å²) in [5, 5.41) is 6.87. The van der Waals surface area contributed by atoms with E-state index in [1.54, 1.807) is 12.1 Å². The molecule has 1 aromatic heterocycles. The zero-order valence-electron chi connectivity index (χ0n) is 8.81. The van der Waals surface area contributed by atoms with Gasteiger partial charge in [0.1, 0.15) is 5.69 Å². The molecule has 0 fully saturated rings. The van der Waals surface area contributed by atoms with E-state index in [4.69, 9.17) is 16.1 Å². The second kappa shape index (κ2) is 4.84. The monoisotopic (exact) mass is 248 g/mol. The molecule has 0 saturated heterocycles. The van der Waals surface area contributed by atoms with Crippen LogP contribution in [0.1, 0.15) is 0 Å². The molecule has 17 heavy (non-hydrogen) atoms. The third-order valence-corrected chi connectivity index (χ3v) is 2.42. The molecule has 0 aliphatic heterocycles. The normalized spacial score (nSPS) is 9.94. The zero-order chi connectivity index (χ0) is 12.3. The van der Waals surface area contributed by atoms with Gasteiger partial charge in [-0.1, -0.05) is 41.5 Å². The largest absolute Gasteiger partial charge is 0.338 e. The minimum Gasteiger partial charge on any atom is -0.338 e. The third kappa shape index (κ3) is 2.54. The number of amides is 1. The number of nitrogens with zero attached hydrogens (tertiary/aromatic N) is 1. The maximum atomic E-state index is 11.1. The van der Waals surface area contributed by atoms with Crippen LogP contribution in [-0.2, 0) is 4.79 Å². The molecule has 86 valence electrons. The first kappa shape index (κ1) is 11.4. The summed E-state index contributed by atoms with van der Waals surface area (Å²) in [7, 11) is 0. The SMILES string of the molecule is C=CC(=O)Nc1cc(-c2ccccc2Cl)no1. The molecule has 0 aliphatic rings. The van der Waals surface area contributed by atoms with Crippen LogP contribution in [0.5, 0.6) is 0 Å². The molecule has 5 heteroatoms. The Hall–Kier alpha value is -2.07. The highest BCUT2D eigenvalue weighted by Crippen LogP contribution is 2.28. The Balaban J connectivity index is 2.27. The Morgan fingerprint density at radius 1 is 1.47 bits per heavy atom. The van der Waals surface area contributed by atoms with Crippen molar-refractivity contribution in [3.8, 4) is 11.3 Å². The van der Waals surface area contributed by atoms with Crippen molar-refractivity contribution in [2.24, 2.45) is 0 Å². The summed E-state index contributed by atoms with van der Waals surface area (Å²) in [6.45, 7) is 3.34. The average Bonchev–Trinajstić information content (AvgIpc) is 2.78. The predicted octanol–water partition coefficient (Wildman–Crippen LogP) is 3.12. The van der Waals surface area contributed by atoms with E-state index in [0.717, 1.165) is 11.6 Å². The van der Waals surface area contributed by atoms with Crippen LogP contribution in [0.2, 0.25) is 5.02 Å². The second-order valence-corrected chi connectivity index (χ2v) is 3.66. The van der Waals surface area contributed by atoms with Crippen molar-refractivity contribution in [2.45, 2.75) is 0 Å². The van der Waals surface area contributed by atoms with Gasteiger partial charge in [-0.05, 0) is 12.1 Å². The maximum Gasteiger partial charge on any atom is 0.250 e. The number of nitrogens with one attached hydrogen (secondary N) is 1. The van der Waals surface area contributed by atoms with Crippen molar-refractivity contribution < 1.29 is 9.32 Å². The molecule has 0 radical (unpaired) electrons. The average molecular weight is 249 g/mol. The lowest BCUT2D eigenvalue weighted by molar-refractivity contribution is -0.112. The van der Waals surface area contributed by atoms with Gasteiger partial charge in [-0.15, -0.1) is 0 Å². The first-order chi connectivity index (χ1) is 8.20. The van der Waals surface area contributed by atoms with E-state index in [9.17, 15) is 4.79 Å². The van der Waals surface area contributed by atoms with E-state index < -0.39 is 0 Å². The number of halogens is 1. The zero-order valence-corrected chi connectivity index (χ0v) is 9.57. The van der Waals surface area contributed by atoms with Crippen molar-refractivity contribution in [1.82, 2.24) is 5.16 Å². The Kier molecular flexibility index (Phi) is 3.25. The number of rotatable bonds is 3. The molecule has 0 bridgehead atoms. The molecular formula is C12H9ClN2O2. The molecule has 0 unspecified atom stereocenters. The van der Waals surface area contributed by atoms with Crippen molar-refractivity contribution in [2.75, 3.05) is 5.32 Å². The van der Waals surface area contributed by atoms with Gasteiger partial charge in [0.05, 0.1) is 5.02 Å². The van der Waals surface area contributed by atoms with Gasteiger partial charge < -0.3 is 4.52 Å². The van der Waals surface area contributed by atoms with Crippen LogP contribution in [0.4, 0.5) is 5.88 Å². The van der Waals surface area contributed by atoms with Gasteiger partial charge in [0.2, 0.25) is 11.8 Å². The van der Waals surface area contributed by atoms with E-state index >= 15 is 0 Å². The van der Waals surface area contributed by atoms with Gasteiger partial charge in [0.15, 0.2) is 0 Å². The number of hydrogen-bond donors (Lipinski definition) is 1. The molecule has 1 heterocycles. The van der Waals surface area contributed by atoms with Crippen molar-refractivity contribution in [1.29, 1.82) is 0 Å². The minimum atomic E-state index is -0.355. The summed E-state index contributed by atoms with van der Waals surface area (Å²) < 4.78 is 4.96. The Morgan fingerprint density at radius 2 is 2.24 bits per heavy atom. The lowest BCUT2D eigenvalue weighted by atomic mass is 10.1. The van der Waals surface area contributed by atoms with Crippen LogP contribution < -0.4 is 5.32 Å². The quantitative estimate of drug-likeness (QED) is 0.849. The molecule has 0 saturated carbocycles. The number of aromatic nitrogens is 1. The van der Waals surface area contributed by atoms with Crippen LogP contribution in [-0.4, -0.2) is 11.1 Å². The molecule has 0 spiro atoms. The Bertz CT molecular complexity index is 563. The van der Waals surface area contributed by atoms with E-state index in [1.807, 2.05) is 18.2 Å². The highest BCUT2D eigenvalue weighted by atomic mass is 35.5. The first-order valence-electron chi connectivity index (χ1n) is 4.86. The molecular weight excluding hydrogens is 240 g/mol. The third-order valence-electron chi connectivity index (χ3n) is 2.09. The molecule has 1 aromatic carbocycles. The highest BCUT2D eigenvalue weighted by molar-refractivity contribution is 6.33. The fraction of sp³-hybridized carbons (Fsp3) is 0. The lowest BCUT2D eigenvalue weighted by Crippen LogP contribution is -2.05. The summed E-state index contributed by atoms with van der Waals surface area (Å²) in [6.07, 6.45) is 1.15. The van der Waals surface area contributed by atoms with Crippen LogP contribution in [0.25, 0.3) is 11.3 Å². The predicted molar refractivity (Wildman–Crippen MR) is 65.8 cm³/mol. The number of carbonyl (C=O) groups excluding carboxylic acids is 1. The number of hydrogen-bond acceptors (Lipinski definition) is 3. The Morgan fingerprint density at radius 3 is 2.94 bits per heavy atom. The fourth-order valence-corrected chi connectivity index (χ4v) is 1.53. The topological polar surface area (TPSA) is 55.1 Å². The first-order valence-corrected chi connectivity index (χ1v) is 5.23. The van der Waals surface area contributed by atoms with Crippen LogP contribution in [0.15, 0.2) is 47.5 Å². The smallest absolute Gasteiger partial charge is 0.250 e. The summed E-state index contributed by atoms with van der Waals surface area (Å²) in [5.41, 5.74) is 1.31. The summed E-state index contributed by atoms with van der Waals surface area (Å²) in [5.74, 6) is -0.100. The van der Waals surface area contributed by atoms with E-state index in [-0.39, 0.29) is 11.8 Å². The van der Waals surface area contributed by atoms with Crippen LogP contribution >= 0.6 is 11.6 Å². The number of anilines is 1. The van der Waals surface area contributed by atoms with Gasteiger partial charge in [-0.2, -0.15) is 0 Å². The summed E-state index contributed by atoms with van der Waals surface area (Å²) in [6, 6.07) is 8.85. The molecule has 1 amide bonds.